The summed E-state index contributed by atoms with van der Waals surface area (Å²) >= 11 is 0. The maximum atomic E-state index is 11.8. The molecule has 2 aromatic rings. The summed E-state index contributed by atoms with van der Waals surface area (Å²) in [5.41, 5.74) is 1.24. The molecule has 1 N–H and O–H groups in total. The Morgan fingerprint density at radius 2 is 1.58 bits per heavy atom. The second kappa shape index (κ2) is 6.02. The van der Waals surface area contributed by atoms with Crippen LogP contribution < -0.4 is 5.06 Å². The van der Waals surface area contributed by atoms with Gasteiger partial charge < -0.3 is 4.74 Å². The van der Waals surface area contributed by atoms with Crippen molar-refractivity contribution in [2.45, 2.75) is 13.0 Å². The minimum absolute atomic E-state index is 0.368. The van der Waals surface area contributed by atoms with Crippen LogP contribution >= 0.6 is 0 Å². The summed E-state index contributed by atoms with van der Waals surface area (Å²) < 4.78 is 5.19. The predicted octanol–water partition coefficient (Wildman–Crippen LogP) is 3.78. The molecule has 1 unspecified atom stereocenters. The van der Waals surface area contributed by atoms with Crippen LogP contribution in [0.25, 0.3) is 0 Å². The molecule has 0 saturated carbocycles. The molecule has 2 aromatic carbocycles. The topological polar surface area (TPSA) is 49.8 Å². The minimum atomic E-state index is -0.803. The molecule has 4 nitrogen and oxygen atoms in total. The molecular weight excluding hydrogens is 242 g/mol. The fraction of sp³-hybridized carbons (Fsp3) is 0.133. The maximum absolute atomic E-state index is 11.8. The van der Waals surface area contributed by atoms with Crippen LogP contribution in [-0.4, -0.2) is 11.3 Å². The molecule has 1 amide bonds. The molecule has 1 atom stereocenters. The first-order valence-electron chi connectivity index (χ1n) is 5.98. The van der Waals surface area contributed by atoms with Crippen molar-refractivity contribution >= 4 is 11.8 Å². The molecule has 0 radical (unpaired) electrons. The van der Waals surface area contributed by atoms with Crippen LogP contribution in [-0.2, 0) is 4.74 Å². The first-order chi connectivity index (χ1) is 9.18. The summed E-state index contributed by atoms with van der Waals surface area (Å²) in [5, 5.41) is 10.2. The second-order valence-corrected chi connectivity index (χ2v) is 4.08. The van der Waals surface area contributed by atoms with E-state index in [-0.39, 0.29) is 0 Å². The Balaban J connectivity index is 2.02. The Kier molecular flexibility index (Phi) is 4.15. The summed E-state index contributed by atoms with van der Waals surface area (Å²) in [5.74, 6) is 0. The van der Waals surface area contributed by atoms with Crippen molar-refractivity contribution < 1.29 is 14.7 Å². The molecule has 98 valence electrons. The zero-order chi connectivity index (χ0) is 13.7. The van der Waals surface area contributed by atoms with E-state index in [2.05, 4.69) is 0 Å². The highest BCUT2D eigenvalue weighted by molar-refractivity contribution is 5.84. The smallest absolute Gasteiger partial charge is 0.439 e. The van der Waals surface area contributed by atoms with Gasteiger partial charge in [0.25, 0.3) is 0 Å². The Morgan fingerprint density at radius 3 is 2.16 bits per heavy atom. The molecule has 0 aliphatic carbocycles. The number of rotatable bonds is 3. The molecule has 19 heavy (non-hydrogen) atoms. The lowest BCUT2D eigenvalue weighted by Gasteiger charge is -2.18. The van der Waals surface area contributed by atoms with E-state index in [1.165, 1.54) is 0 Å². The largest absolute Gasteiger partial charge is 0.440 e. The quantitative estimate of drug-likeness (QED) is 0.672. The minimum Gasteiger partial charge on any atom is -0.440 e. The van der Waals surface area contributed by atoms with E-state index in [1.807, 2.05) is 30.3 Å². The van der Waals surface area contributed by atoms with Crippen molar-refractivity contribution in [1.82, 2.24) is 0 Å². The van der Waals surface area contributed by atoms with Gasteiger partial charge in [-0.15, -0.1) is 0 Å². The van der Waals surface area contributed by atoms with Gasteiger partial charge in [0, 0.05) is 0 Å². The maximum Gasteiger partial charge on any atom is 0.439 e. The van der Waals surface area contributed by atoms with Gasteiger partial charge in [0.05, 0.1) is 5.69 Å². The number of benzene rings is 2. The molecule has 2 rings (SSSR count). The molecular formula is C15H15NO3. The van der Waals surface area contributed by atoms with E-state index in [9.17, 15) is 10.0 Å². The monoisotopic (exact) mass is 257 g/mol. The van der Waals surface area contributed by atoms with Crippen molar-refractivity contribution in [3.05, 3.63) is 66.2 Å². The highest BCUT2D eigenvalue weighted by Crippen LogP contribution is 2.19. The van der Waals surface area contributed by atoms with Gasteiger partial charge in [0.1, 0.15) is 6.10 Å². The van der Waals surface area contributed by atoms with Crippen molar-refractivity contribution in [3.63, 3.8) is 0 Å². The third-order valence-electron chi connectivity index (χ3n) is 2.72. The van der Waals surface area contributed by atoms with E-state index in [1.54, 1.807) is 37.3 Å². The third-order valence-corrected chi connectivity index (χ3v) is 2.72. The van der Waals surface area contributed by atoms with Crippen LogP contribution in [0.2, 0.25) is 0 Å². The number of ether oxygens (including phenoxy) is 1. The first-order valence-corrected chi connectivity index (χ1v) is 5.98. The van der Waals surface area contributed by atoms with Gasteiger partial charge in [0.15, 0.2) is 0 Å². The highest BCUT2D eigenvalue weighted by Gasteiger charge is 2.18. The molecule has 0 bridgehead atoms. The molecule has 0 aromatic heterocycles. The zero-order valence-corrected chi connectivity index (χ0v) is 10.6. The number of hydrogen-bond acceptors (Lipinski definition) is 3. The molecule has 0 heterocycles. The van der Waals surface area contributed by atoms with Crippen LogP contribution in [0, 0.1) is 0 Å². The molecule has 0 aliphatic rings. The number of carbonyl (C=O) groups is 1. The highest BCUT2D eigenvalue weighted by atomic mass is 16.6. The van der Waals surface area contributed by atoms with Gasteiger partial charge in [-0.3, -0.25) is 5.21 Å². The average Bonchev–Trinajstić information content (AvgIpc) is 2.48. The van der Waals surface area contributed by atoms with Crippen LogP contribution in [0.5, 0.6) is 0 Å². The van der Waals surface area contributed by atoms with Crippen molar-refractivity contribution in [2.75, 3.05) is 5.06 Å². The SMILES string of the molecule is CC(OC(=O)N(O)c1ccccc1)c1ccccc1. The Bertz CT molecular complexity index is 528. The summed E-state index contributed by atoms with van der Waals surface area (Å²) in [6, 6.07) is 17.9. The van der Waals surface area contributed by atoms with Crippen molar-refractivity contribution in [1.29, 1.82) is 0 Å². The Labute approximate surface area is 111 Å². The zero-order valence-electron chi connectivity index (χ0n) is 10.6. The van der Waals surface area contributed by atoms with Crippen molar-refractivity contribution in [3.8, 4) is 0 Å². The van der Waals surface area contributed by atoms with Crippen LogP contribution in [0.15, 0.2) is 60.7 Å². The van der Waals surface area contributed by atoms with E-state index >= 15 is 0 Å². The van der Waals surface area contributed by atoms with Crippen LogP contribution in [0.4, 0.5) is 10.5 Å². The summed E-state index contributed by atoms with van der Waals surface area (Å²) in [4.78, 5) is 11.8. The standard InChI is InChI=1S/C15H15NO3/c1-12(13-8-4-2-5-9-13)19-15(17)16(18)14-10-6-3-7-11-14/h2-12,18H,1H3. The molecule has 0 aliphatic heterocycles. The number of anilines is 1. The predicted molar refractivity (Wildman–Crippen MR) is 72.0 cm³/mol. The number of para-hydroxylation sites is 1. The van der Waals surface area contributed by atoms with E-state index < -0.39 is 12.2 Å². The van der Waals surface area contributed by atoms with Gasteiger partial charge in [-0.05, 0) is 24.6 Å². The number of carbonyl (C=O) groups excluding carboxylic acids is 1. The van der Waals surface area contributed by atoms with Crippen molar-refractivity contribution in [2.24, 2.45) is 0 Å². The second-order valence-electron chi connectivity index (χ2n) is 4.08. The van der Waals surface area contributed by atoms with Crippen LogP contribution in [0.3, 0.4) is 0 Å². The average molecular weight is 257 g/mol. The fourth-order valence-electron chi connectivity index (χ4n) is 1.67. The van der Waals surface area contributed by atoms with Gasteiger partial charge in [-0.25, -0.2) is 4.79 Å². The lowest BCUT2D eigenvalue weighted by Crippen LogP contribution is -2.28. The summed E-state index contributed by atoms with van der Waals surface area (Å²) in [6.45, 7) is 1.76. The van der Waals surface area contributed by atoms with Gasteiger partial charge >= 0.3 is 6.09 Å². The van der Waals surface area contributed by atoms with Crippen LogP contribution in [0.1, 0.15) is 18.6 Å². The normalized spacial score (nSPS) is 11.7. The molecule has 0 saturated heterocycles. The lowest BCUT2D eigenvalue weighted by atomic mass is 10.1. The summed E-state index contributed by atoms with van der Waals surface area (Å²) in [6.07, 6.45) is -1.23. The lowest BCUT2D eigenvalue weighted by molar-refractivity contribution is 0.0876. The van der Waals surface area contributed by atoms with E-state index in [4.69, 9.17) is 4.74 Å². The van der Waals surface area contributed by atoms with Gasteiger partial charge in [0.2, 0.25) is 0 Å². The van der Waals surface area contributed by atoms with Gasteiger partial charge in [-0.2, -0.15) is 5.06 Å². The summed E-state index contributed by atoms with van der Waals surface area (Å²) in [7, 11) is 0. The molecule has 0 fully saturated rings. The van der Waals surface area contributed by atoms with Gasteiger partial charge in [-0.1, -0.05) is 48.5 Å². The number of hydrogen-bond donors (Lipinski definition) is 1. The molecule has 4 heteroatoms. The molecule has 0 spiro atoms. The Hall–Kier alpha value is -2.33. The fourth-order valence-corrected chi connectivity index (χ4v) is 1.67. The Morgan fingerprint density at radius 1 is 1.05 bits per heavy atom. The first kappa shape index (κ1) is 13.1. The van der Waals surface area contributed by atoms with E-state index in [0.717, 1.165) is 5.56 Å². The van der Waals surface area contributed by atoms with E-state index in [0.29, 0.717) is 10.8 Å². The number of amides is 1. The number of hydroxylamine groups is 1. The number of nitrogens with zero attached hydrogens (tertiary/aromatic N) is 1. The third kappa shape index (κ3) is 3.33.